The molecule has 0 saturated heterocycles. The van der Waals surface area contributed by atoms with E-state index >= 15 is 0 Å². The van der Waals surface area contributed by atoms with Crippen LogP contribution in [0, 0.1) is 0 Å². The summed E-state index contributed by atoms with van der Waals surface area (Å²) in [6.45, 7) is 0. The van der Waals surface area contributed by atoms with Gasteiger partial charge in [0.1, 0.15) is 0 Å². The predicted octanol–water partition coefficient (Wildman–Crippen LogP) is 15.8. The molecule has 2 aliphatic rings. The van der Waals surface area contributed by atoms with Crippen molar-refractivity contribution in [2.24, 2.45) is 0 Å². The third-order valence-electron chi connectivity index (χ3n) is 12.8. The molecule has 1 unspecified atom stereocenters. The standard InChI is InChI=1S/C59H40N2/c1-5-21-41(22-6-1)46-29-17-20-36-56(46)61(44-27-11-4-12-28-44)57-40-55-58(50-32-14-13-31-49(50)57)51-33-16-19-35-53(51)59(55)52-34-18-15-30-47(52)48-38-37-45(39-54(48)59)60(42-23-7-2-8-24-42)43-25-9-3-10-26-43/h1-40H. The molecule has 0 fully saturated rings. The van der Waals surface area contributed by atoms with E-state index in [0.717, 1.165) is 34.1 Å². The van der Waals surface area contributed by atoms with Crippen molar-refractivity contribution in [2.45, 2.75) is 5.41 Å². The molecule has 2 heteroatoms. The van der Waals surface area contributed by atoms with Crippen LogP contribution in [0.25, 0.3) is 44.2 Å². The van der Waals surface area contributed by atoms with E-state index in [1.807, 2.05) is 0 Å². The van der Waals surface area contributed by atoms with Gasteiger partial charge in [-0.3, -0.25) is 0 Å². The number of anilines is 6. The molecule has 0 aromatic heterocycles. The van der Waals surface area contributed by atoms with Gasteiger partial charge in [0.25, 0.3) is 0 Å². The molecule has 286 valence electrons. The van der Waals surface area contributed by atoms with Gasteiger partial charge in [-0.1, -0.05) is 182 Å². The lowest BCUT2D eigenvalue weighted by molar-refractivity contribution is 0.794. The first kappa shape index (κ1) is 35.0. The lowest BCUT2D eigenvalue weighted by atomic mass is 9.70. The average Bonchev–Trinajstić information content (AvgIpc) is 3.80. The van der Waals surface area contributed by atoms with Crippen molar-refractivity contribution in [3.05, 3.63) is 265 Å². The summed E-state index contributed by atoms with van der Waals surface area (Å²) in [5.41, 5.74) is 18.9. The van der Waals surface area contributed by atoms with Gasteiger partial charge in [0.2, 0.25) is 0 Å². The number of hydrogen-bond acceptors (Lipinski definition) is 2. The van der Waals surface area contributed by atoms with Crippen LogP contribution in [0.5, 0.6) is 0 Å². The van der Waals surface area contributed by atoms with Crippen LogP contribution >= 0.6 is 0 Å². The Morgan fingerprint density at radius 1 is 0.262 bits per heavy atom. The molecule has 0 heterocycles. The van der Waals surface area contributed by atoms with Crippen molar-refractivity contribution < 1.29 is 0 Å². The van der Waals surface area contributed by atoms with E-state index < -0.39 is 5.41 Å². The quantitative estimate of drug-likeness (QED) is 0.159. The predicted molar refractivity (Wildman–Crippen MR) is 255 cm³/mol. The van der Waals surface area contributed by atoms with Gasteiger partial charge in [0.05, 0.1) is 16.8 Å². The monoisotopic (exact) mass is 776 g/mol. The van der Waals surface area contributed by atoms with E-state index in [2.05, 4.69) is 252 Å². The first-order chi connectivity index (χ1) is 30.3. The van der Waals surface area contributed by atoms with Crippen LogP contribution in [0.4, 0.5) is 34.1 Å². The van der Waals surface area contributed by atoms with Crippen molar-refractivity contribution in [3.8, 4) is 33.4 Å². The largest absolute Gasteiger partial charge is 0.310 e. The minimum Gasteiger partial charge on any atom is -0.310 e. The fourth-order valence-corrected chi connectivity index (χ4v) is 10.4. The maximum atomic E-state index is 2.54. The summed E-state index contributed by atoms with van der Waals surface area (Å²) in [7, 11) is 0. The van der Waals surface area contributed by atoms with Gasteiger partial charge < -0.3 is 9.80 Å². The molecule has 2 aliphatic carbocycles. The molecule has 0 amide bonds. The Hall–Kier alpha value is -7.94. The van der Waals surface area contributed by atoms with Crippen LogP contribution in [0.1, 0.15) is 22.3 Å². The van der Waals surface area contributed by atoms with E-state index in [1.165, 1.54) is 66.4 Å². The summed E-state index contributed by atoms with van der Waals surface area (Å²) in [5.74, 6) is 0. The molecule has 12 rings (SSSR count). The summed E-state index contributed by atoms with van der Waals surface area (Å²) < 4.78 is 0. The topological polar surface area (TPSA) is 6.48 Å². The van der Waals surface area contributed by atoms with Crippen molar-refractivity contribution in [3.63, 3.8) is 0 Å². The van der Waals surface area contributed by atoms with E-state index in [1.54, 1.807) is 0 Å². The second-order valence-electron chi connectivity index (χ2n) is 16.0. The fraction of sp³-hybridized carbons (Fsp3) is 0.0169. The summed E-state index contributed by atoms with van der Waals surface area (Å²) in [6, 6.07) is 89.0. The van der Waals surface area contributed by atoms with Crippen molar-refractivity contribution >= 4 is 44.9 Å². The van der Waals surface area contributed by atoms with Gasteiger partial charge >= 0.3 is 0 Å². The van der Waals surface area contributed by atoms with Gasteiger partial charge in [-0.15, -0.1) is 0 Å². The van der Waals surface area contributed by atoms with E-state index in [4.69, 9.17) is 0 Å². The third kappa shape index (κ3) is 5.29. The van der Waals surface area contributed by atoms with E-state index in [9.17, 15) is 0 Å². The van der Waals surface area contributed by atoms with Gasteiger partial charge in [-0.2, -0.15) is 0 Å². The highest BCUT2D eigenvalue weighted by Gasteiger charge is 2.52. The molecule has 0 bridgehead atoms. The van der Waals surface area contributed by atoms with Crippen LogP contribution in [0.2, 0.25) is 0 Å². The molecular formula is C59H40N2. The van der Waals surface area contributed by atoms with Crippen LogP contribution in [-0.2, 0) is 5.41 Å². The molecule has 10 aromatic rings. The highest BCUT2D eigenvalue weighted by atomic mass is 15.2. The van der Waals surface area contributed by atoms with Crippen molar-refractivity contribution in [2.75, 3.05) is 9.80 Å². The Kier molecular flexibility index (Phi) is 8.11. The molecule has 1 spiro atoms. The number of nitrogens with zero attached hydrogens (tertiary/aromatic N) is 2. The summed E-state index contributed by atoms with van der Waals surface area (Å²) in [4.78, 5) is 4.88. The zero-order valence-corrected chi connectivity index (χ0v) is 33.5. The van der Waals surface area contributed by atoms with E-state index in [-0.39, 0.29) is 0 Å². The summed E-state index contributed by atoms with van der Waals surface area (Å²) in [6.07, 6.45) is 0. The second-order valence-corrected chi connectivity index (χ2v) is 16.0. The Morgan fingerprint density at radius 3 is 1.39 bits per heavy atom. The Bertz CT molecular complexity index is 3210. The minimum atomic E-state index is -0.590. The zero-order valence-electron chi connectivity index (χ0n) is 33.5. The fourth-order valence-electron chi connectivity index (χ4n) is 10.4. The summed E-state index contributed by atoms with van der Waals surface area (Å²) in [5, 5.41) is 2.45. The smallest absolute Gasteiger partial charge is 0.0727 e. The van der Waals surface area contributed by atoms with Gasteiger partial charge in [0, 0.05) is 33.7 Å². The molecule has 0 radical (unpaired) electrons. The zero-order chi connectivity index (χ0) is 40.3. The number of fused-ring (bicyclic) bond motifs is 12. The number of benzene rings is 10. The highest BCUT2D eigenvalue weighted by molar-refractivity contribution is 6.12. The van der Waals surface area contributed by atoms with E-state index in [0.29, 0.717) is 0 Å². The Balaban J connectivity index is 1.19. The Morgan fingerprint density at radius 2 is 0.738 bits per heavy atom. The molecule has 61 heavy (non-hydrogen) atoms. The minimum absolute atomic E-state index is 0.590. The van der Waals surface area contributed by atoms with Gasteiger partial charge in [-0.25, -0.2) is 0 Å². The SMILES string of the molecule is c1ccc(-c2ccccc2N(c2ccccc2)c2cc3c(c4ccccc24)-c2ccccc2C32c3ccccc3-c3ccc(N(c4ccccc4)c4ccccc4)cc32)cc1. The Labute approximate surface area is 356 Å². The molecule has 10 aromatic carbocycles. The third-order valence-corrected chi connectivity index (χ3v) is 12.8. The molecule has 1 atom stereocenters. The number of rotatable bonds is 7. The summed E-state index contributed by atoms with van der Waals surface area (Å²) >= 11 is 0. The molecule has 2 nitrogen and oxygen atoms in total. The first-order valence-corrected chi connectivity index (χ1v) is 21.1. The normalized spacial score (nSPS) is 14.3. The second kappa shape index (κ2) is 14.1. The lowest BCUT2D eigenvalue weighted by Crippen LogP contribution is -2.26. The molecule has 0 saturated carbocycles. The van der Waals surface area contributed by atoms with Crippen LogP contribution in [0.3, 0.4) is 0 Å². The van der Waals surface area contributed by atoms with Crippen molar-refractivity contribution in [1.29, 1.82) is 0 Å². The number of para-hydroxylation sites is 4. The van der Waals surface area contributed by atoms with Crippen molar-refractivity contribution in [1.82, 2.24) is 0 Å². The molecular weight excluding hydrogens is 737 g/mol. The lowest BCUT2D eigenvalue weighted by Gasteiger charge is -2.34. The van der Waals surface area contributed by atoms with Gasteiger partial charge in [-0.05, 0) is 116 Å². The maximum Gasteiger partial charge on any atom is 0.0727 e. The highest BCUT2D eigenvalue weighted by Crippen LogP contribution is 2.65. The molecule has 0 aliphatic heterocycles. The van der Waals surface area contributed by atoms with Crippen LogP contribution in [-0.4, -0.2) is 0 Å². The van der Waals surface area contributed by atoms with Crippen LogP contribution < -0.4 is 9.80 Å². The van der Waals surface area contributed by atoms with Crippen LogP contribution in [0.15, 0.2) is 243 Å². The first-order valence-electron chi connectivity index (χ1n) is 21.1. The average molecular weight is 777 g/mol. The number of hydrogen-bond donors (Lipinski definition) is 0. The van der Waals surface area contributed by atoms with Gasteiger partial charge in [0.15, 0.2) is 0 Å². The maximum absolute atomic E-state index is 2.54. The molecule has 0 N–H and O–H groups in total.